The third kappa shape index (κ3) is 5.93. The molecule has 2 rings (SSSR count). The molecule has 0 aromatic heterocycles. The van der Waals surface area contributed by atoms with Gasteiger partial charge in [-0.25, -0.2) is 0 Å². The van der Waals surface area contributed by atoms with E-state index in [1.807, 2.05) is 20.3 Å². The predicted octanol–water partition coefficient (Wildman–Crippen LogP) is 1.72. The molecule has 0 radical (unpaired) electrons. The molecule has 1 aliphatic carbocycles. The molecule has 0 aromatic rings. The molecule has 2 unspecified atom stereocenters. The summed E-state index contributed by atoms with van der Waals surface area (Å²) in [6, 6.07) is 0. The number of amidine groups is 1. The zero-order valence-corrected chi connectivity index (χ0v) is 15.2. The standard InChI is InChI=1S/C18H29N3O4/c1-21(2,11-10-16(19)20-13-22)17-9-8-15(25-17)12-24-18(23)14-6-4-3-5-7-14/h10-11,13-15,17H,3-9,12H2,1-2H3,(H-,19,20,22)/p+1/b11-10-. The summed E-state index contributed by atoms with van der Waals surface area (Å²) < 4.78 is 12.0. The maximum absolute atomic E-state index is 12.1. The minimum atomic E-state index is -0.0711. The molecular formula is C18H30N3O4+. The number of carbonyl (C=O) groups excluding carboxylic acids is 2. The second-order valence-corrected chi connectivity index (χ2v) is 7.36. The molecule has 2 N–H and O–H groups in total. The molecule has 1 heterocycles. The summed E-state index contributed by atoms with van der Waals surface area (Å²) in [6.07, 6.45) is 10.9. The zero-order chi connectivity index (χ0) is 18.3. The lowest BCUT2D eigenvalue weighted by atomic mass is 9.89. The summed E-state index contributed by atoms with van der Waals surface area (Å²) >= 11 is 0. The van der Waals surface area contributed by atoms with E-state index in [2.05, 4.69) is 4.99 Å². The lowest BCUT2D eigenvalue weighted by molar-refractivity contribution is -0.889. The number of nitrogens with zero attached hydrogens (tertiary/aromatic N) is 2. The van der Waals surface area contributed by atoms with Gasteiger partial charge >= 0.3 is 5.97 Å². The number of nitrogens with two attached hydrogens (primary N) is 1. The molecule has 2 aliphatic rings. The molecule has 1 saturated heterocycles. The first kappa shape index (κ1) is 19.6. The Hall–Kier alpha value is -1.73. The minimum Gasteiger partial charge on any atom is -0.463 e. The van der Waals surface area contributed by atoms with Crippen molar-refractivity contribution in [2.24, 2.45) is 16.6 Å². The quantitative estimate of drug-likeness (QED) is 0.248. The third-order valence-corrected chi connectivity index (χ3v) is 5.01. The van der Waals surface area contributed by atoms with Crippen molar-refractivity contribution in [2.45, 2.75) is 57.3 Å². The van der Waals surface area contributed by atoms with Crippen LogP contribution in [0.25, 0.3) is 0 Å². The van der Waals surface area contributed by atoms with Crippen molar-refractivity contribution >= 4 is 18.2 Å². The second-order valence-electron chi connectivity index (χ2n) is 7.36. The van der Waals surface area contributed by atoms with Crippen LogP contribution < -0.4 is 5.73 Å². The van der Waals surface area contributed by atoms with Crippen LogP contribution in [0.4, 0.5) is 0 Å². The Kier molecular flexibility index (Phi) is 7.13. The van der Waals surface area contributed by atoms with Crippen LogP contribution in [-0.4, -0.2) is 55.7 Å². The lowest BCUT2D eigenvalue weighted by Crippen LogP contribution is -2.44. The average Bonchev–Trinajstić information content (AvgIpc) is 3.09. The molecule has 0 aromatic carbocycles. The van der Waals surface area contributed by atoms with Crippen LogP contribution in [0.15, 0.2) is 17.3 Å². The van der Waals surface area contributed by atoms with Gasteiger partial charge in [-0.15, -0.1) is 0 Å². The van der Waals surface area contributed by atoms with Gasteiger partial charge in [0.1, 0.15) is 18.6 Å². The Balaban J connectivity index is 1.79. The monoisotopic (exact) mass is 352 g/mol. The van der Waals surface area contributed by atoms with E-state index in [1.165, 1.54) is 6.42 Å². The molecular weight excluding hydrogens is 322 g/mol. The van der Waals surface area contributed by atoms with Gasteiger partial charge in [0.2, 0.25) is 6.41 Å². The summed E-state index contributed by atoms with van der Waals surface area (Å²) in [5, 5.41) is 0. The number of aliphatic imine (C=N–C) groups is 1. The lowest BCUT2D eigenvalue weighted by Gasteiger charge is -2.31. The first-order chi connectivity index (χ1) is 11.9. The largest absolute Gasteiger partial charge is 0.463 e. The van der Waals surface area contributed by atoms with E-state index in [-0.39, 0.29) is 30.1 Å². The van der Waals surface area contributed by atoms with Gasteiger partial charge < -0.3 is 15.2 Å². The number of rotatable bonds is 7. The van der Waals surface area contributed by atoms with Gasteiger partial charge in [0.25, 0.3) is 0 Å². The maximum Gasteiger partial charge on any atom is 0.309 e. The fraction of sp³-hybridized carbons (Fsp3) is 0.722. The van der Waals surface area contributed by atoms with Crippen molar-refractivity contribution < 1.29 is 23.5 Å². The molecule has 140 valence electrons. The van der Waals surface area contributed by atoms with E-state index in [1.54, 1.807) is 6.08 Å². The van der Waals surface area contributed by atoms with E-state index in [9.17, 15) is 9.59 Å². The normalized spacial score (nSPS) is 26.1. The third-order valence-electron chi connectivity index (χ3n) is 5.01. The van der Waals surface area contributed by atoms with Gasteiger partial charge in [0, 0.05) is 12.5 Å². The molecule has 7 nitrogen and oxygen atoms in total. The average molecular weight is 352 g/mol. The molecule has 1 amide bonds. The summed E-state index contributed by atoms with van der Waals surface area (Å²) in [7, 11) is 3.98. The number of hydrogen-bond acceptors (Lipinski definition) is 4. The highest BCUT2D eigenvalue weighted by atomic mass is 16.6. The number of quaternary nitrogens is 1. The van der Waals surface area contributed by atoms with E-state index in [0.717, 1.165) is 38.5 Å². The van der Waals surface area contributed by atoms with Crippen molar-refractivity contribution in [1.29, 1.82) is 0 Å². The van der Waals surface area contributed by atoms with Gasteiger partial charge in [-0.1, -0.05) is 19.3 Å². The van der Waals surface area contributed by atoms with Crippen LogP contribution in [0.5, 0.6) is 0 Å². The Labute approximate surface area is 149 Å². The van der Waals surface area contributed by atoms with Gasteiger partial charge in [-0.3, -0.25) is 14.1 Å². The topological polar surface area (TPSA) is 91.0 Å². The highest BCUT2D eigenvalue weighted by Gasteiger charge is 2.37. The number of carbonyl (C=O) groups is 2. The van der Waals surface area contributed by atoms with Crippen LogP contribution in [-0.2, 0) is 19.1 Å². The summed E-state index contributed by atoms with van der Waals surface area (Å²) in [6.45, 7) is 0.324. The van der Waals surface area contributed by atoms with Crippen LogP contribution in [0.3, 0.4) is 0 Å². The fourth-order valence-electron chi connectivity index (χ4n) is 3.40. The molecule has 25 heavy (non-hydrogen) atoms. The molecule has 1 saturated carbocycles. The van der Waals surface area contributed by atoms with Crippen molar-refractivity contribution in [1.82, 2.24) is 0 Å². The maximum atomic E-state index is 12.1. The number of amides is 1. The molecule has 2 atom stereocenters. The Morgan fingerprint density at radius 3 is 2.64 bits per heavy atom. The smallest absolute Gasteiger partial charge is 0.309 e. The van der Waals surface area contributed by atoms with E-state index < -0.39 is 0 Å². The van der Waals surface area contributed by atoms with Gasteiger partial charge in [0.05, 0.1) is 26.1 Å². The Morgan fingerprint density at radius 2 is 1.96 bits per heavy atom. The van der Waals surface area contributed by atoms with Crippen molar-refractivity contribution in [3.05, 3.63) is 12.3 Å². The number of esters is 1. The van der Waals surface area contributed by atoms with Gasteiger partial charge in [-0.2, -0.15) is 4.99 Å². The Morgan fingerprint density at radius 1 is 1.24 bits per heavy atom. The first-order valence-corrected chi connectivity index (χ1v) is 9.04. The highest BCUT2D eigenvalue weighted by molar-refractivity contribution is 5.95. The number of hydrogen-bond donors (Lipinski definition) is 1. The molecule has 0 spiro atoms. The van der Waals surface area contributed by atoms with Gasteiger partial charge in [0.15, 0.2) is 6.23 Å². The van der Waals surface area contributed by atoms with E-state index >= 15 is 0 Å². The van der Waals surface area contributed by atoms with E-state index in [4.69, 9.17) is 15.2 Å². The van der Waals surface area contributed by atoms with E-state index in [0.29, 0.717) is 17.5 Å². The number of ether oxygens (including phenoxy) is 2. The van der Waals surface area contributed by atoms with Crippen molar-refractivity contribution in [3.8, 4) is 0 Å². The summed E-state index contributed by atoms with van der Waals surface area (Å²) in [5.41, 5.74) is 5.59. The van der Waals surface area contributed by atoms with Crippen LogP contribution in [0, 0.1) is 5.92 Å². The highest BCUT2D eigenvalue weighted by Crippen LogP contribution is 2.28. The minimum absolute atomic E-state index is 0.0429. The summed E-state index contributed by atoms with van der Waals surface area (Å²) in [4.78, 5) is 25.9. The van der Waals surface area contributed by atoms with Gasteiger partial charge in [-0.05, 0) is 19.3 Å². The van der Waals surface area contributed by atoms with Crippen LogP contribution in [0.2, 0.25) is 0 Å². The van der Waals surface area contributed by atoms with Crippen molar-refractivity contribution in [2.75, 3.05) is 20.7 Å². The fourth-order valence-corrected chi connectivity index (χ4v) is 3.40. The van der Waals surface area contributed by atoms with Crippen LogP contribution >= 0.6 is 0 Å². The molecule has 0 bridgehead atoms. The first-order valence-electron chi connectivity index (χ1n) is 9.04. The molecule has 2 fully saturated rings. The Bertz CT molecular complexity index is 524. The van der Waals surface area contributed by atoms with Crippen molar-refractivity contribution in [3.63, 3.8) is 0 Å². The predicted molar refractivity (Wildman–Crippen MR) is 94.4 cm³/mol. The molecule has 7 heteroatoms. The zero-order valence-electron chi connectivity index (χ0n) is 15.2. The van der Waals surface area contributed by atoms with Crippen LogP contribution in [0.1, 0.15) is 44.9 Å². The molecule has 1 aliphatic heterocycles. The SMILES string of the molecule is C[N+](C)(/C=C\C(N)=NC=O)C1CCC(COC(=O)C2CCCCC2)O1. The second kappa shape index (κ2) is 9.10. The summed E-state index contributed by atoms with van der Waals surface area (Å²) in [5.74, 6) is 0.164.